The summed E-state index contributed by atoms with van der Waals surface area (Å²) in [5.74, 6) is 1.67. The van der Waals surface area contributed by atoms with Crippen LogP contribution in [0.5, 0.6) is 0 Å². The first-order chi connectivity index (χ1) is 12.3. The van der Waals surface area contributed by atoms with Gasteiger partial charge >= 0.3 is 0 Å². The molecule has 5 heteroatoms. The van der Waals surface area contributed by atoms with Crippen LogP contribution in [-0.4, -0.2) is 51.4 Å². The molecule has 1 fully saturated rings. The number of hydrogen-bond donors (Lipinski definition) is 0. The summed E-state index contributed by atoms with van der Waals surface area (Å²) in [6.07, 6.45) is 6.99. The van der Waals surface area contributed by atoms with Crippen LogP contribution in [0, 0.1) is 5.92 Å². The van der Waals surface area contributed by atoms with Crippen molar-refractivity contribution in [3.63, 3.8) is 0 Å². The number of nitrogens with zero attached hydrogens (tertiary/aromatic N) is 4. The molecule has 2 aromatic rings. The van der Waals surface area contributed by atoms with Gasteiger partial charge in [-0.05, 0) is 31.5 Å². The molecule has 3 heterocycles. The Bertz CT molecular complexity index is 705. The Kier molecular flexibility index (Phi) is 4.83. The maximum absolute atomic E-state index is 12.9. The van der Waals surface area contributed by atoms with E-state index < -0.39 is 0 Å². The van der Waals surface area contributed by atoms with Crippen LogP contribution >= 0.6 is 0 Å². The third-order valence-corrected chi connectivity index (χ3v) is 5.33. The first-order valence-electron chi connectivity index (χ1n) is 9.32. The average molecular weight is 338 g/mol. The molecule has 0 unspecified atom stereocenters. The molecular formula is C20H26N4O. The molecule has 25 heavy (non-hydrogen) atoms. The number of imidazole rings is 1. The number of carbonyl (C=O) groups excluding carboxylic acids is 1. The summed E-state index contributed by atoms with van der Waals surface area (Å²) in [6.45, 7) is 5.88. The fourth-order valence-corrected chi connectivity index (χ4v) is 4.06. The second-order valence-electron chi connectivity index (χ2n) is 7.31. The first-order valence-corrected chi connectivity index (χ1v) is 9.32. The second-order valence-corrected chi connectivity index (χ2v) is 7.31. The number of benzene rings is 1. The van der Waals surface area contributed by atoms with Gasteiger partial charge in [0.1, 0.15) is 5.82 Å². The van der Waals surface area contributed by atoms with Crippen molar-refractivity contribution in [2.24, 2.45) is 5.92 Å². The van der Waals surface area contributed by atoms with Crippen LogP contribution in [0.3, 0.4) is 0 Å². The molecule has 5 nitrogen and oxygen atoms in total. The van der Waals surface area contributed by atoms with E-state index >= 15 is 0 Å². The number of hydrogen-bond acceptors (Lipinski definition) is 3. The van der Waals surface area contributed by atoms with E-state index in [0.29, 0.717) is 18.9 Å². The SMILES string of the molecule is O=C(Cc1ccccc1)N1Cc2nccn2C[C@@H](CN2CCCC2)C1. The number of likely N-dealkylation sites (tertiary alicyclic amines) is 1. The Balaban J connectivity index is 1.49. The van der Waals surface area contributed by atoms with Crippen molar-refractivity contribution in [2.75, 3.05) is 26.2 Å². The van der Waals surface area contributed by atoms with E-state index in [0.717, 1.165) is 31.0 Å². The fourth-order valence-electron chi connectivity index (χ4n) is 4.06. The average Bonchev–Trinajstić information content (AvgIpc) is 3.24. The van der Waals surface area contributed by atoms with E-state index in [1.54, 1.807) is 0 Å². The highest BCUT2D eigenvalue weighted by Crippen LogP contribution is 2.19. The molecule has 2 aliphatic heterocycles. The van der Waals surface area contributed by atoms with Crippen LogP contribution < -0.4 is 0 Å². The van der Waals surface area contributed by atoms with Crippen molar-refractivity contribution in [3.8, 4) is 0 Å². The molecule has 0 spiro atoms. The lowest BCUT2D eigenvalue weighted by Crippen LogP contribution is -2.39. The molecule has 1 aromatic carbocycles. The molecule has 132 valence electrons. The standard InChI is InChI=1S/C20H26N4O/c25-20(12-17-6-2-1-3-7-17)24-15-18(13-22-9-4-5-10-22)14-23-11-8-21-19(23)16-24/h1-3,6-8,11,18H,4-5,9-10,12-16H2/t18-/m1/s1. The zero-order valence-corrected chi connectivity index (χ0v) is 14.7. The van der Waals surface area contributed by atoms with Crippen molar-refractivity contribution in [1.82, 2.24) is 19.4 Å². The maximum Gasteiger partial charge on any atom is 0.227 e. The largest absolute Gasteiger partial charge is 0.335 e. The summed E-state index contributed by atoms with van der Waals surface area (Å²) in [7, 11) is 0. The van der Waals surface area contributed by atoms with Crippen LogP contribution in [0.4, 0.5) is 0 Å². The molecule has 0 N–H and O–H groups in total. The Morgan fingerprint density at radius 1 is 1.12 bits per heavy atom. The minimum atomic E-state index is 0.203. The van der Waals surface area contributed by atoms with Gasteiger partial charge in [-0.25, -0.2) is 4.98 Å². The van der Waals surface area contributed by atoms with E-state index in [1.807, 2.05) is 41.4 Å². The van der Waals surface area contributed by atoms with Gasteiger partial charge in [-0.3, -0.25) is 4.79 Å². The molecule has 0 bridgehead atoms. The van der Waals surface area contributed by atoms with Crippen LogP contribution in [0.15, 0.2) is 42.7 Å². The maximum atomic E-state index is 12.9. The summed E-state index contributed by atoms with van der Waals surface area (Å²) in [4.78, 5) is 21.9. The predicted molar refractivity (Wildman–Crippen MR) is 97.0 cm³/mol. The van der Waals surface area contributed by atoms with Gasteiger partial charge in [0.2, 0.25) is 5.91 Å². The van der Waals surface area contributed by atoms with E-state index in [2.05, 4.69) is 20.6 Å². The first kappa shape index (κ1) is 16.3. The number of fused-ring (bicyclic) bond motifs is 1. The normalized spacial score (nSPS) is 21.1. The third kappa shape index (κ3) is 3.93. The highest BCUT2D eigenvalue weighted by Gasteiger charge is 2.27. The van der Waals surface area contributed by atoms with Gasteiger partial charge in [0.05, 0.1) is 13.0 Å². The van der Waals surface area contributed by atoms with Gasteiger partial charge in [-0.1, -0.05) is 30.3 Å². The molecule has 2 aliphatic rings. The highest BCUT2D eigenvalue weighted by molar-refractivity contribution is 5.78. The Labute approximate surface area is 149 Å². The van der Waals surface area contributed by atoms with Crippen LogP contribution in [0.2, 0.25) is 0 Å². The molecule has 1 aromatic heterocycles. The Hall–Kier alpha value is -2.14. The van der Waals surface area contributed by atoms with E-state index in [9.17, 15) is 4.79 Å². The van der Waals surface area contributed by atoms with Gasteiger partial charge in [0, 0.05) is 37.9 Å². The van der Waals surface area contributed by atoms with Crippen molar-refractivity contribution in [1.29, 1.82) is 0 Å². The molecule has 0 radical (unpaired) electrons. The molecule has 1 amide bonds. The van der Waals surface area contributed by atoms with Gasteiger partial charge < -0.3 is 14.4 Å². The number of aromatic nitrogens is 2. The summed E-state index contributed by atoms with van der Waals surface area (Å²) in [5, 5.41) is 0. The quantitative estimate of drug-likeness (QED) is 0.858. The van der Waals surface area contributed by atoms with Crippen molar-refractivity contribution in [3.05, 3.63) is 54.1 Å². The molecule has 4 rings (SSSR count). The summed E-state index contributed by atoms with van der Waals surface area (Å²) in [6, 6.07) is 10.0. The zero-order chi connectivity index (χ0) is 17.1. The van der Waals surface area contributed by atoms with Crippen molar-refractivity contribution >= 4 is 5.91 Å². The van der Waals surface area contributed by atoms with Gasteiger partial charge in [-0.15, -0.1) is 0 Å². The topological polar surface area (TPSA) is 41.4 Å². The summed E-state index contributed by atoms with van der Waals surface area (Å²) >= 11 is 0. The smallest absolute Gasteiger partial charge is 0.227 e. The van der Waals surface area contributed by atoms with E-state index in [-0.39, 0.29) is 5.91 Å². The number of rotatable bonds is 4. The van der Waals surface area contributed by atoms with Crippen molar-refractivity contribution in [2.45, 2.75) is 32.4 Å². The van der Waals surface area contributed by atoms with Crippen LogP contribution in [0.1, 0.15) is 24.2 Å². The Morgan fingerprint density at radius 3 is 2.72 bits per heavy atom. The number of carbonyl (C=O) groups is 1. The van der Waals surface area contributed by atoms with Gasteiger partial charge in [0.25, 0.3) is 0 Å². The lowest BCUT2D eigenvalue weighted by Gasteiger charge is -2.27. The minimum Gasteiger partial charge on any atom is -0.335 e. The third-order valence-electron chi connectivity index (χ3n) is 5.33. The lowest BCUT2D eigenvalue weighted by molar-refractivity contribution is -0.131. The van der Waals surface area contributed by atoms with Gasteiger partial charge in [-0.2, -0.15) is 0 Å². The van der Waals surface area contributed by atoms with E-state index in [1.165, 1.54) is 25.9 Å². The summed E-state index contributed by atoms with van der Waals surface area (Å²) < 4.78 is 2.23. The fraction of sp³-hybridized carbons (Fsp3) is 0.500. The summed E-state index contributed by atoms with van der Waals surface area (Å²) in [5.41, 5.74) is 1.08. The minimum absolute atomic E-state index is 0.203. The van der Waals surface area contributed by atoms with E-state index in [4.69, 9.17) is 0 Å². The zero-order valence-electron chi connectivity index (χ0n) is 14.7. The molecular weight excluding hydrogens is 312 g/mol. The van der Waals surface area contributed by atoms with Gasteiger partial charge in [0.15, 0.2) is 0 Å². The second kappa shape index (κ2) is 7.40. The lowest BCUT2D eigenvalue weighted by atomic mass is 10.1. The Morgan fingerprint density at radius 2 is 1.92 bits per heavy atom. The molecule has 1 saturated heterocycles. The van der Waals surface area contributed by atoms with Crippen LogP contribution in [-0.2, 0) is 24.3 Å². The van der Waals surface area contributed by atoms with Crippen LogP contribution in [0.25, 0.3) is 0 Å². The monoisotopic (exact) mass is 338 g/mol. The predicted octanol–water partition coefficient (Wildman–Crippen LogP) is 2.18. The molecule has 0 saturated carbocycles. The number of amides is 1. The molecule has 0 aliphatic carbocycles. The highest BCUT2D eigenvalue weighted by atomic mass is 16.2. The molecule has 1 atom stereocenters. The van der Waals surface area contributed by atoms with Crippen molar-refractivity contribution < 1.29 is 4.79 Å².